The topological polar surface area (TPSA) is 118 Å². The van der Waals surface area contributed by atoms with Crippen molar-refractivity contribution in [1.82, 2.24) is 25.1 Å². The minimum absolute atomic E-state index is 0.0571. The van der Waals surface area contributed by atoms with Crippen molar-refractivity contribution < 1.29 is 14.3 Å². The van der Waals surface area contributed by atoms with Crippen LogP contribution in [0.4, 0.5) is 11.5 Å². The number of piperazine rings is 1. The lowest BCUT2D eigenvalue weighted by atomic mass is 9.95. The lowest BCUT2D eigenvalue weighted by molar-refractivity contribution is -0.128. The van der Waals surface area contributed by atoms with Gasteiger partial charge in [-0.05, 0) is 58.0 Å². The average molecular weight is 621 g/mol. The summed E-state index contributed by atoms with van der Waals surface area (Å²) >= 11 is 6.57. The van der Waals surface area contributed by atoms with E-state index in [1.54, 1.807) is 11.9 Å². The molecule has 1 N–H and O–H groups in total. The summed E-state index contributed by atoms with van der Waals surface area (Å²) < 4.78 is 6.43. The molecule has 2 aromatic rings. The van der Waals surface area contributed by atoms with Gasteiger partial charge in [-0.25, -0.2) is 0 Å². The van der Waals surface area contributed by atoms with Crippen molar-refractivity contribution in [2.45, 2.75) is 50.2 Å². The molecule has 3 aliphatic rings. The summed E-state index contributed by atoms with van der Waals surface area (Å²) in [5, 5.41) is 13.0. The number of amides is 2. The number of carbonyl (C=O) groups is 2. The van der Waals surface area contributed by atoms with Crippen LogP contribution in [0, 0.1) is 17.2 Å². The molecule has 12 heteroatoms. The van der Waals surface area contributed by atoms with Gasteiger partial charge in [-0.3, -0.25) is 9.59 Å². The first kappa shape index (κ1) is 31.5. The molecular weight excluding hydrogens is 580 g/mol. The van der Waals surface area contributed by atoms with Crippen LogP contribution in [0.1, 0.15) is 36.9 Å². The average Bonchev–Trinajstić information content (AvgIpc) is 3.49. The quantitative estimate of drug-likeness (QED) is 0.422. The Hall–Kier alpha value is -3.88. The van der Waals surface area contributed by atoms with E-state index in [0.29, 0.717) is 50.7 Å². The Labute approximate surface area is 264 Å². The van der Waals surface area contributed by atoms with E-state index >= 15 is 0 Å². The van der Waals surface area contributed by atoms with E-state index in [4.69, 9.17) is 26.3 Å². The second kappa shape index (κ2) is 13.4. The predicted molar refractivity (Wildman–Crippen MR) is 170 cm³/mol. The van der Waals surface area contributed by atoms with Crippen LogP contribution in [0.3, 0.4) is 0 Å². The predicted octanol–water partition coefficient (Wildman–Crippen LogP) is 3.03. The fourth-order valence-corrected chi connectivity index (χ4v) is 7.02. The molecule has 5 rings (SSSR count). The largest absolute Gasteiger partial charge is 0.461 e. The van der Waals surface area contributed by atoms with Gasteiger partial charge in [0.05, 0.1) is 47.0 Å². The normalized spacial score (nSPS) is 23.2. The van der Waals surface area contributed by atoms with E-state index < -0.39 is 0 Å². The third kappa shape index (κ3) is 6.33. The molecule has 2 aliphatic heterocycles. The van der Waals surface area contributed by atoms with Gasteiger partial charge in [0, 0.05) is 44.7 Å². The molecule has 2 unspecified atom stereocenters. The Bertz CT molecular complexity index is 1450. The highest BCUT2D eigenvalue weighted by atomic mass is 35.5. The summed E-state index contributed by atoms with van der Waals surface area (Å²) in [6.45, 7) is 6.77. The van der Waals surface area contributed by atoms with Crippen molar-refractivity contribution in [1.29, 1.82) is 5.26 Å². The number of fused-ring (bicyclic) bond motifs is 1. The second-order valence-electron chi connectivity index (χ2n) is 12.0. The molecule has 1 saturated carbocycles. The number of carbonyl (C=O) groups excluding carboxylic acids is 2. The van der Waals surface area contributed by atoms with Gasteiger partial charge in [-0.15, -0.1) is 0 Å². The number of aromatic nitrogens is 2. The van der Waals surface area contributed by atoms with Crippen LogP contribution in [-0.2, 0) is 22.6 Å². The SMILES string of the molecule is C=CC(=O)N1CCN(c2nc(OCC3(N(C)C)CCC(C(=O)NC)C3)nc3c2CCN(c2ccccc2Cl)C3)C[C@@H]1CC#N. The zero-order valence-corrected chi connectivity index (χ0v) is 26.5. The summed E-state index contributed by atoms with van der Waals surface area (Å²) in [6.07, 6.45) is 4.53. The molecule has 2 amide bonds. The molecule has 0 spiro atoms. The van der Waals surface area contributed by atoms with Crippen LogP contribution < -0.4 is 19.9 Å². The molecule has 1 aliphatic carbocycles. The monoisotopic (exact) mass is 620 g/mol. The first-order valence-electron chi connectivity index (χ1n) is 15.2. The number of para-hydroxylation sites is 1. The number of benzene rings is 1. The van der Waals surface area contributed by atoms with Gasteiger partial charge < -0.3 is 29.7 Å². The van der Waals surface area contributed by atoms with E-state index in [0.717, 1.165) is 42.1 Å². The molecule has 11 nitrogen and oxygen atoms in total. The highest BCUT2D eigenvalue weighted by Gasteiger charge is 2.44. The van der Waals surface area contributed by atoms with Crippen LogP contribution in [-0.4, -0.2) is 97.1 Å². The van der Waals surface area contributed by atoms with Gasteiger partial charge in [0.1, 0.15) is 12.4 Å². The Morgan fingerprint density at radius 1 is 1.25 bits per heavy atom. The van der Waals surface area contributed by atoms with Crippen LogP contribution >= 0.6 is 11.6 Å². The minimum atomic E-state index is -0.325. The fourth-order valence-electron chi connectivity index (χ4n) is 6.76. The fraction of sp³-hybridized carbons (Fsp3) is 0.531. The molecule has 0 bridgehead atoms. The molecule has 3 heterocycles. The molecule has 2 fully saturated rings. The molecule has 234 valence electrons. The Balaban J connectivity index is 1.46. The van der Waals surface area contributed by atoms with Gasteiger partial charge in [0.25, 0.3) is 0 Å². The zero-order chi connectivity index (χ0) is 31.4. The number of halogens is 1. The lowest BCUT2D eigenvalue weighted by Crippen LogP contribution is -2.55. The Kier molecular flexibility index (Phi) is 9.61. The van der Waals surface area contributed by atoms with Crippen molar-refractivity contribution in [2.24, 2.45) is 5.92 Å². The van der Waals surface area contributed by atoms with Crippen molar-refractivity contribution >= 4 is 34.9 Å². The summed E-state index contributed by atoms with van der Waals surface area (Å²) in [5.41, 5.74) is 2.54. The molecular formula is C32H41ClN8O3. The van der Waals surface area contributed by atoms with E-state index in [9.17, 15) is 14.9 Å². The second-order valence-corrected chi connectivity index (χ2v) is 12.4. The Morgan fingerprint density at radius 2 is 2.05 bits per heavy atom. The molecule has 1 aromatic carbocycles. The lowest BCUT2D eigenvalue weighted by Gasteiger charge is -2.42. The van der Waals surface area contributed by atoms with Crippen LogP contribution in [0.15, 0.2) is 36.9 Å². The number of nitrogens with one attached hydrogen (secondary N) is 1. The highest BCUT2D eigenvalue weighted by Crippen LogP contribution is 2.39. The first-order valence-corrected chi connectivity index (χ1v) is 15.5. The number of nitrogens with zero attached hydrogens (tertiary/aromatic N) is 7. The number of likely N-dealkylation sites (N-methyl/N-ethyl adjacent to an activating group) is 1. The number of ether oxygens (including phenoxy) is 1. The van der Waals surface area contributed by atoms with Crippen molar-refractivity contribution in [2.75, 3.05) is 63.7 Å². The highest BCUT2D eigenvalue weighted by molar-refractivity contribution is 6.33. The van der Waals surface area contributed by atoms with Crippen LogP contribution in [0.25, 0.3) is 0 Å². The maximum absolute atomic E-state index is 12.6. The van der Waals surface area contributed by atoms with E-state index in [1.165, 1.54) is 6.08 Å². The van der Waals surface area contributed by atoms with Gasteiger partial charge >= 0.3 is 6.01 Å². The first-order chi connectivity index (χ1) is 21.2. The van der Waals surface area contributed by atoms with E-state index in [-0.39, 0.29) is 41.7 Å². The molecule has 0 radical (unpaired) electrons. The summed E-state index contributed by atoms with van der Waals surface area (Å²) in [7, 11) is 5.72. The van der Waals surface area contributed by atoms with Gasteiger partial charge in [-0.1, -0.05) is 30.3 Å². The summed E-state index contributed by atoms with van der Waals surface area (Å²) in [4.78, 5) is 43.2. The smallest absolute Gasteiger partial charge is 0.318 e. The van der Waals surface area contributed by atoms with Crippen LogP contribution in [0.2, 0.25) is 5.02 Å². The van der Waals surface area contributed by atoms with Gasteiger partial charge in [0.2, 0.25) is 11.8 Å². The third-order valence-electron chi connectivity index (χ3n) is 9.40. The number of hydrogen-bond donors (Lipinski definition) is 1. The molecule has 1 aromatic heterocycles. The zero-order valence-electron chi connectivity index (χ0n) is 25.8. The van der Waals surface area contributed by atoms with Crippen molar-refractivity contribution in [3.8, 4) is 12.1 Å². The van der Waals surface area contributed by atoms with Gasteiger partial charge in [-0.2, -0.15) is 15.2 Å². The van der Waals surface area contributed by atoms with Crippen molar-refractivity contribution in [3.63, 3.8) is 0 Å². The molecule has 1 saturated heterocycles. The number of rotatable bonds is 9. The summed E-state index contributed by atoms with van der Waals surface area (Å²) in [6, 6.07) is 10.0. The summed E-state index contributed by atoms with van der Waals surface area (Å²) in [5.74, 6) is 0.601. The molecule has 3 atom stereocenters. The number of hydrogen-bond acceptors (Lipinski definition) is 9. The van der Waals surface area contributed by atoms with Crippen molar-refractivity contribution in [3.05, 3.63) is 53.2 Å². The van der Waals surface area contributed by atoms with E-state index in [2.05, 4.69) is 32.7 Å². The molecule has 44 heavy (non-hydrogen) atoms. The standard InChI is InChI=1S/C32H41ClN8O3/c1-5-28(42)41-17-16-40(19-23(41)11-14-34)29-24-12-15-39(27-9-7-6-8-25(27)33)20-26(24)36-31(37-29)44-21-32(38(3)4)13-10-22(18-32)30(43)35-2/h5-9,22-23H,1,10-13,15-21H2,2-4H3,(H,35,43)/t22?,23-,32?/m0/s1. The van der Waals surface area contributed by atoms with Crippen LogP contribution in [0.5, 0.6) is 6.01 Å². The Morgan fingerprint density at radius 3 is 2.75 bits per heavy atom. The van der Waals surface area contributed by atoms with E-state index in [1.807, 2.05) is 38.4 Å². The third-order valence-corrected chi connectivity index (χ3v) is 9.72. The number of anilines is 2. The maximum atomic E-state index is 12.6. The number of nitriles is 1. The minimum Gasteiger partial charge on any atom is -0.461 e. The maximum Gasteiger partial charge on any atom is 0.318 e. The van der Waals surface area contributed by atoms with Gasteiger partial charge in [0.15, 0.2) is 0 Å².